The number of carbonyl (C=O) groups excluding carboxylic acids is 1. The highest BCUT2D eigenvalue weighted by atomic mass is 16.5. The molecule has 26 heavy (non-hydrogen) atoms. The summed E-state index contributed by atoms with van der Waals surface area (Å²) >= 11 is 0. The summed E-state index contributed by atoms with van der Waals surface area (Å²) in [4.78, 5) is 12.4. The molecule has 0 spiro atoms. The lowest BCUT2D eigenvalue weighted by Crippen LogP contribution is -2.32. The monoisotopic (exact) mass is 352 g/mol. The van der Waals surface area contributed by atoms with Gasteiger partial charge in [-0.25, -0.2) is 0 Å². The van der Waals surface area contributed by atoms with Crippen molar-refractivity contribution in [1.82, 2.24) is 20.3 Å². The normalized spacial score (nSPS) is 12.1. The molecule has 0 aliphatic heterocycles. The van der Waals surface area contributed by atoms with E-state index in [2.05, 4.69) is 27.7 Å². The average Bonchev–Trinajstić information content (AvgIpc) is 3.24. The highest BCUT2D eigenvalue weighted by Crippen LogP contribution is 2.23. The van der Waals surface area contributed by atoms with Gasteiger partial charge in [0, 0.05) is 24.8 Å². The number of hydrogen-bond donors (Lipinski definition) is 1. The second kappa shape index (κ2) is 7.99. The van der Waals surface area contributed by atoms with Crippen molar-refractivity contribution in [2.75, 3.05) is 0 Å². The van der Waals surface area contributed by atoms with Crippen molar-refractivity contribution < 1.29 is 9.32 Å². The SMILES string of the molecule is Cc1c(-c2cc(C(=O)N[C@H](C)CCCc3ccccc3)no2)cnn1C. The Bertz CT molecular complexity index is 867. The first-order chi connectivity index (χ1) is 12.5. The van der Waals surface area contributed by atoms with E-state index in [1.807, 2.05) is 39.1 Å². The number of rotatable bonds is 7. The number of aryl methyl sites for hydroxylation is 2. The van der Waals surface area contributed by atoms with Gasteiger partial charge in [-0.1, -0.05) is 35.5 Å². The van der Waals surface area contributed by atoms with Crippen LogP contribution < -0.4 is 5.32 Å². The summed E-state index contributed by atoms with van der Waals surface area (Å²) in [5.41, 5.74) is 3.41. The lowest BCUT2D eigenvalue weighted by atomic mass is 10.1. The Morgan fingerprint density at radius 2 is 2.08 bits per heavy atom. The molecule has 0 saturated heterocycles. The summed E-state index contributed by atoms with van der Waals surface area (Å²) < 4.78 is 7.08. The van der Waals surface area contributed by atoms with Crippen LogP contribution in [0.15, 0.2) is 47.1 Å². The molecule has 3 aromatic rings. The zero-order valence-electron chi connectivity index (χ0n) is 15.4. The third kappa shape index (κ3) is 4.20. The van der Waals surface area contributed by atoms with Crippen LogP contribution in [0, 0.1) is 6.92 Å². The molecular formula is C20H24N4O2. The van der Waals surface area contributed by atoms with Crippen LogP contribution in [0.1, 0.15) is 41.5 Å². The van der Waals surface area contributed by atoms with E-state index in [9.17, 15) is 4.79 Å². The quantitative estimate of drug-likeness (QED) is 0.706. The van der Waals surface area contributed by atoms with E-state index < -0.39 is 0 Å². The molecule has 3 rings (SSSR count). The van der Waals surface area contributed by atoms with Crippen LogP contribution in [0.3, 0.4) is 0 Å². The van der Waals surface area contributed by atoms with Gasteiger partial charge in [-0.3, -0.25) is 9.48 Å². The summed E-state index contributed by atoms with van der Waals surface area (Å²) in [6.45, 7) is 3.95. The predicted octanol–water partition coefficient (Wildman–Crippen LogP) is 3.52. The first-order valence-corrected chi connectivity index (χ1v) is 8.85. The molecule has 2 aromatic heterocycles. The Kier molecular flexibility index (Phi) is 5.51. The summed E-state index contributed by atoms with van der Waals surface area (Å²) in [7, 11) is 1.86. The smallest absolute Gasteiger partial charge is 0.273 e. The molecule has 0 fully saturated rings. The molecule has 6 nitrogen and oxygen atoms in total. The molecule has 1 N–H and O–H groups in total. The fourth-order valence-corrected chi connectivity index (χ4v) is 2.88. The van der Waals surface area contributed by atoms with Crippen LogP contribution in [0.4, 0.5) is 0 Å². The molecule has 1 amide bonds. The molecule has 1 atom stereocenters. The van der Waals surface area contributed by atoms with Crippen molar-refractivity contribution in [2.45, 2.75) is 39.2 Å². The summed E-state index contributed by atoms with van der Waals surface area (Å²) in [6, 6.07) is 12.1. The first kappa shape index (κ1) is 17.9. The Morgan fingerprint density at radius 1 is 1.31 bits per heavy atom. The van der Waals surface area contributed by atoms with Crippen LogP contribution in [0.25, 0.3) is 11.3 Å². The van der Waals surface area contributed by atoms with Gasteiger partial charge >= 0.3 is 0 Å². The van der Waals surface area contributed by atoms with Gasteiger partial charge in [0.15, 0.2) is 11.5 Å². The lowest BCUT2D eigenvalue weighted by Gasteiger charge is -2.12. The molecule has 0 aliphatic rings. The van der Waals surface area contributed by atoms with E-state index in [0.29, 0.717) is 5.76 Å². The molecule has 0 saturated carbocycles. The molecule has 0 bridgehead atoms. The summed E-state index contributed by atoms with van der Waals surface area (Å²) in [5, 5.41) is 11.1. The van der Waals surface area contributed by atoms with Crippen LogP contribution in [0.5, 0.6) is 0 Å². The molecule has 0 radical (unpaired) electrons. The number of aromatic nitrogens is 3. The fourth-order valence-electron chi connectivity index (χ4n) is 2.88. The van der Waals surface area contributed by atoms with Gasteiger partial charge in [0.25, 0.3) is 5.91 Å². The third-order valence-electron chi connectivity index (χ3n) is 4.57. The number of nitrogens with zero attached hydrogens (tertiary/aromatic N) is 3. The molecule has 136 valence electrons. The number of hydrogen-bond acceptors (Lipinski definition) is 4. The number of benzene rings is 1. The highest BCUT2D eigenvalue weighted by molar-refractivity contribution is 5.93. The van der Waals surface area contributed by atoms with Gasteiger partial charge in [-0.2, -0.15) is 5.10 Å². The molecular weight excluding hydrogens is 328 g/mol. The van der Waals surface area contributed by atoms with Gasteiger partial charge < -0.3 is 9.84 Å². The second-order valence-corrected chi connectivity index (χ2v) is 6.60. The average molecular weight is 352 g/mol. The van der Waals surface area contributed by atoms with E-state index in [1.165, 1.54) is 5.56 Å². The van der Waals surface area contributed by atoms with E-state index in [1.54, 1.807) is 16.9 Å². The summed E-state index contributed by atoms with van der Waals surface area (Å²) in [6.07, 6.45) is 4.65. The van der Waals surface area contributed by atoms with Gasteiger partial charge in [0.2, 0.25) is 0 Å². The Labute approximate surface area is 153 Å². The van der Waals surface area contributed by atoms with E-state index in [-0.39, 0.29) is 17.6 Å². The number of carbonyl (C=O) groups is 1. The van der Waals surface area contributed by atoms with Crippen molar-refractivity contribution in [2.24, 2.45) is 7.05 Å². The van der Waals surface area contributed by atoms with Crippen LogP contribution in [0.2, 0.25) is 0 Å². The topological polar surface area (TPSA) is 73.0 Å². The van der Waals surface area contributed by atoms with Gasteiger partial charge in [0.1, 0.15) is 0 Å². The molecule has 0 unspecified atom stereocenters. The van der Waals surface area contributed by atoms with Crippen molar-refractivity contribution in [1.29, 1.82) is 0 Å². The fraction of sp³-hybridized carbons (Fsp3) is 0.350. The van der Waals surface area contributed by atoms with Gasteiger partial charge in [-0.15, -0.1) is 0 Å². The Hall–Kier alpha value is -2.89. The van der Waals surface area contributed by atoms with Crippen LogP contribution in [-0.4, -0.2) is 26.9 Å². The Balaban J connectivity index is 1.52. The van der Waals surface area contributed by atoms with Gasteiger partial charge in [-0.05, 0) is 38.7 Å². The second-order valence-electron chi connectivity index (χ2n) is 6.60. The molecule has 0 aliphatic carbocycles. The van der Waals surface area contributed by atoms with Crippen molar-refractivity contribution >= 4 is 5.91 Å². The largest absolute Gasteiger partial charge is 0.355 e. The third-order valence-corrected chi connectivity index (χ3v) is 4.57. The maximum absolute atomic E-state index is 12.4. The maximum atomic E-state index is 12.4. The minimum absolute atomic E-state index is 0.0755. The zero-order chi connectivity index (χ0) is 18.5. The van der Waals surface area contributed by atoms with E-state index in [0.717, 1.165) is 30.5 Å². The van der Waals surface area contributed by atoms with Gasteiger partial charge in [0.05, 0.1) is 11.8 Å². The first-order valence-electron chi connectivity index (χ1n) is 8.85. The van der Waals surface area contributed by atoms with Crippen LogP contribution in [-0.2, 0) is 13.5 Å². The minimum Gasteiger partial charge on any atom is -0.355 e. The number of nitrogens with one attached hydrogen (secondary N) is 1. The standard InChI is InChI=1S/C20H24N4O2/c1-14(8-7-11-16-9-5-4-6-10-16)22-20(25)18-12-19(26-23-18)17-13-21-24(3)15(17)2/h4-6,9-10,12-14H,7-8,11H2,1-3H3,(H,22,25)/t14-/m1/s1. The van der Waals surface area contributed by atoms with E-state index in [4.69, 9.17) is 4.52 Å². The molecule has 2 heterocycles. The summed E-state index contributed by atoms with van der Waals surface area (Å²) in [5.74, 6) is 0.339. The van der Waals surface area contributed by atoms with E-state index >= 15 is 0 Å². The Morgan fingerprint density at radius 3 is 2.77 bits per heavy atom. The molecule has 6 heteroatoms. The molecule has 1 aromatic carbocycles. The minimum atomic E-state index is -0.214. The zero-order valence-corrected chi connectivity index (χ0v) is 15.4. The highest BCUT2D eigenvalue weighted by Gasteiger charge is 2.18. The van der Waals surface area contributed by atoms with Crippen molar-refractivity contribution in [3.05, 3.63) is 59.5 Å². The van der Waals surface area contributed by atoms with Crippen molar-refractivity contribution in [3.8, 4) is 11.3 Å². The lowest BCUT2D eigenvalue weighted by molar-refractivity contribution is 0.0929. The van der Waals surface area contributed by atoms with Crippen LogP contribution >= 0.6 is 0 Å². The number of amides is 1. The maximum Gasteiger partial charge on any atom is 0.273 e. The van der Waals surface area contributed by atoms with Crippen molar-refractivity contribution in [3.63, 3.8) is 0 Å². The predicted molar refractivity (Wildman–Crippen MR) is 99.8 cm³/mol.